The van der Waals surface area contributed by atoms with E-state index in [1.807, 2.05) is 6.92 Å². The van der Waals surface area contributed by atoms with Crippen LogP contribution in [0.4, 0.5) is 11.4 Å². The lowest BCUT2D eigenvalue weighted by Crippen LogP contribution is -2.07. The fraction of sp³-hybridized carbons (Fsp3) is 0.211. The largest absolute Gasteiger partial charge is 0.493 e. The maximum absolute atomic E-state index is 11.6. The molecule has 0 bridgehead atoms. The lowest BCUT2D eigenvalue weighted by Gasteiger charge is -2.09. The van der Waals surface area contributed by atoms with Crippen LogP contribution in [0.25, 0.3) is 12.2 Å². The third kappa shape index (κ3) is 5.13. The zero-order chi connectivity index (χ0) is 20.7. The molecule has 2 aromatic carbocycles. The second-order valence-electron chi connectivity index (χ2n) is 5.73. The molecule has 28 heavy (non-hydrogen) atoms. The van der Waals surface area contributed by atoms with Crippen LogP contribution in [0.1, 0.15) is 30.9 Å². The first-order valence-corrected chi connectivity index (χ1v) is 8.35. The van der Waals surface area contributed by atoms with Gasteiger partial charge in [0.1, 0.15) is 0 Å². The Kier molecular flexibility index (Phi) is 6.80. The molecule has 0 radical (unpaired) electrons. The van der Waals surface area contributed by atoms with Crippen LogP contribution >= 0.6 is 0 Å². The van der Waals surface area contributed by atoms with Crippen LogP contribution in [-0.4, -0.2) is 22.9 Å². The molecule has 2 rings (SSSR count). The number of methoxy groups -OCH3 is 1. The zero-order valence-electron chi connectivity index (χ0n) is 15.3. The Morgan fingerprint density at radius 1 is 1.04 bits per heavy atom. The molecule has 0 unspecified atom stereocenters. The highest BCUT2D eigenvalue weighted by Crippen LogP contribution is 2.30. The molecular weight excluding hydrogens is 368 g/mol. The molecule has 0 atom stereocenters. The van der Waals surface area contributed by atoms with Gasteiger partial charge in [-0.15, -0.1) is 0 Å². The van der Waals surface area contributed by atoms with Crippen LogP contribution in [0.15, 0.2) is 36.4 Å². The van der Waals surface area contributed by atoms with E-state index in [0.717, 1.165) is 6.07 Å². The summed E-state index contributed by atoms with van der Waals surface area (Å²) in [5, 5.41) is 22.0. The molecule has 0 fully saturated rings. The van der Waals surface area contributed by atoms with Gasteiger partial charge in [0.05, 0.1) is 28.6 Å². The first-order valence-electron chi connectivity index (χ1n) is 8.35. The average Bonchev–Trinajstić information content (AvgIpc) is 2.67. The van der Waals surface area contributed by atoms with Crippen molar-refractivity contribution in [1.82, 2.24) is 0 Å². The minimum atomic E-state index is -0.691. The number of benzene rings is 2. The summed E-state index contributed by atoms with van der Waals surface area (Å²) in [6.07, 6.45) is 4.01. The molecule has 0 heterocycles. The van der Waals surface area contributed by atoms with Crippen molar-refractivity contribution in [1.29, 1.82) is 0 Å². The Balaban J connectivity index is 2.30. The quantitative estimate of drug-likeness (QED) is 0.217. The van der Waals surface area contributed by atoms with Crippen molar-refractivity contribution >= 4 is 29.5 Å². The smallest absolute Gasteiger partial charge is 0.311 e. The molecule has 9 nitrogen and oxygen atoms in total. The maximum atomic E-state index is 11.6. The second-order valence-corrected chi connectivity index (χ2v) is 5.73. The number of rotatable bonds is 8. The topological polar surface area (TPSA) is 122 Å². The molecular formula is C19H18N2O7. The number of ether oxygens (including phenoxy) is 2. The second kappa shape index (κ2) is 9.26. The number of carbonyl (C=O) groups is 1. The molecule has 0 aromatic heterocycles. The van der Waals surface area contributed by atoms with Gasteiger partial charge < -0.3 is 9.47 Å². The van der Waals surface area contributed by atoms with Crippen molar-refractivity contribution in [3.05, 3.63) is 67.8 Å². The summed E-state index contributed by atoms with van der Waals surface area (Å²) in [6, 6.07) is 8.26. The summed E-state index contributed by atoms with van der Waals surface area (Å²) in [7, 11) is 1.43. The van der Waals surface area contributed by atoms with Gasteiger partial charge in [-0.3, -0.25) is 25.0 Å². The Hall–Kier alpha value is -3.75. The summed E-state index contributed by atoms with van der Waals surface area (Å²) in [5.41, 5.74) is 0.124. The summed E-state index contributed by atoms with van der Waals surface area (Å²) in [5.74, 6) is 0.245. The van der Waals surface area contributed by atoms with Gasteiger partial charge in [-0.05, 0) is 36.3 Å². The molecule has 2 aromatic rings. The number of nitrogens with zero attached hydrogens (tertiary/aromatic N) is 2. The summed E-state index contributed by atoms with van der Waals surface area (Å²) in [4.78, 5) is 32.3. The number of esters is 1. The molecule has 9 heteroatoms. The number of nitro benzene ring substituents is 2. The van der Waals surface area contributed by atoms with Gasteiger partial charge in [0.25, 0.3) is 11.4 Å². The van der Waals surface area contributed by atoms with Crippen molar-refractivity contribution < 1.29 is 24.1 Å². The zero-order valence-corrected chi connectivity index (χ0v) is 15.3. The van der Waals surface area contributed by atoms with E-state index in [2.05, 4.69) is 0 Å². The number of carbonyl (C=O) groups excluding carboxylic acids is 1. The van der Waals surface area contributed by atoms with E-state index < -0.39 is 9.85 Å². The van der Waals surface area contributed by atoms with Gasteiger partial charge >= 0.3 is 5.97 Å². The highest BCUT2D eigenvalue weighted by Gasteiger charge is 2.17. The van der Waals surface area contributed by atoms with Gasteiger partial charge in [0.15, 0.2) is 11.5 Å². The number of hydrogen-bond acceptors (Lipinski definition) is 7. The fourth-order valence-electron chi connectivity index (χ4n) is 2.38. The van der Waals surface area contributed by atoms with Crippen molar-refractivity contribution in [3.8, 4) is 11.5 Å². The van der Waals surface area contributed by atoms with E-state index in [-0.39, 0.29) is 35.1 Å². The van der Waals surface area contributed by atoms with Crippen LogP contribution in [0.2, 0.25) is 0 Å². The van der Waals surface area contributed by atoms with E-state index in [0.29, 0.717) is 17.7 Å². The third-order valence-corrected chi connectivity index (χ3v) is 3.74. The first kappa shape index (κ1) is 20.6. The molecule has 0 aliphatic rings. The van der Waals surface area contributed by atoms with Crippen molar-refractivity contribution in [2.45, 2.75) is 19.8 Å². The summed E-state index contributed by atoms with van der Waals surface area (Å²) < 4.78 is 10.5. The van der Waals surface area contributed by atoms with Crippen LogP contribution in [0, 0.1) is 20.2 Å². The van der Waals surface area contributed by atoms with Gasteiger partial charge in [-0.25, -0.2) is 0 Å². The average molecular weight is 386 g/mol. The van der Waals surface area contributed by atoms with E-state index in [1.54, 1.807) is 24.3 Å². The van der Waals surface area contributed by atoms with Gasteiger partial charge in [-0.2, -0.15) is 0 Å². The molecule has 0 aliphatic heterocycles. The first-order chi connectivity index (χ1) is 13.3. The molecule has 0 amide bonds. The van der Waals surface area contributed by atoms with Crippen molar-refractivity contribution in [2.24, 2.45) is 0 Å². The summed E-state index contributed by atoms with van der Waals surface area (Å²) >= 11 is 0. The monoisotopic (exact) mass is 386 g/mol. The van der Waals surface area contributed by atoms with Crippen LogP contribution < -0.4 is 9.47 Å². The number of non-ortho nitro benzene ring substituents is 1. The Labute approximate surface area is 160 Å². The molecule has 0 spiro atoms. The Bertz CT molecular complexity index is 938. The standard InChI is InChI=1S/C19H18N2O7/c1-3-4-19(22)28-17-10-6-13(11-18(17)27-2)5-7-14-8-9-15(20(23)24)12-16(14)21(25)26/h5-12H,3-4H2,1-2H3. The van der Waals surface area contributed by atoms with Gasteiger partial charge in [0, 0.05) is 12.5 Å². The fourth-order valence-corrected chi connectivity index (χ4v) is 2.38. The van der Waals surface area contributed by atoms with E-state index in [9.17, 15) is 25.0 Å². The van der Waals surface area contributed by atoms with E-state index in [4.69, 9.17) is 9.47 Å². The Morgan fingerprint density at radius 2 is 1.79 bits per heavy atom. The lowest BCUT2D eigenvalue weighted by atomic mass is 10.1. The number of nitro groups is 2. The van der Waals surface area contributed by atoms with Crippen LogP contribution in [-0.2, 0) is 4.79 Å². The highest BCUT2D eigenvalue weighted by molar-refractivity contribution is 5.77. The SMILES string of the molecule is CCCC(=O)Oc1ccc(C=Cc2ccc([N+](=O)[O-])cc2[N+](=O)[O-])cc1OC. The molecule has 146 valence electrons. The van der Waals surface area contributed by atoms with Crippen LogP contribution in [0.3, 0.4) is 0 Å². The van der Waals surface area contributed by atoms with E-state index >= 15 is 0 Å². The predicted octanol–water partition coefficient (Wildman–Crippen LogP) is 4.39. The van der Waals surface area contributed by atoms with Crippen molar-refractivity contribution in [3.63, 3.8) is 0 Å². The normalized spacial score (nSPS) is 10.6. The third-order valence-electron chi connectivity index (χ3n) is 3.74. The minimum absolute atomic E-state index is 0.216. The molecule has 0 N–H and O–H groups in total. The van der Waals surface area contributed by atoms with Crippen LogP contribution in [0.5, 0.6) is 11.5 Å². The molecule has 0 aliphatic carbocycles. The van der Waals surface area contributed by atoms with Gasteiger partial charge in [0.2, 0.25) is 0 Å². The summed E-state index contributed by atoms with van der Waals surface area (Å²) in [6.45, 7) is 1.86. The molecule has 0 saturated heterocycles. The van der Waals surface area contributed by atoms with Gasteiger partial charge in [-0.1, -0.05) is 19.1 Å². The number of hydrogen-bond donors (Lipinski definition) is 0. The van der Waals surface area contributed by atoms with E-state index in [1.165, 1.54) is 25.3 Å². The highest BCUT2D eigenvalue weighted by atomic mass is 16.6. The Morgan fingerprint density at radius 3 is 2.39 bits per heavy atom. The lowest BCUT2D eigenvalue weighted by molar-refractivity contribution is -0.394. The predicted molar refractivity (Wildman–Crippen MR) is 102 cm³/mol. The maximum Gasteiger partial charge on any atom is 0.311 e. The minimum Gasteiger partial charge on any atom is -0.493 e. The molecule has 0 saturated carbocycles. The van der Waals surface area contributed by atoms with Crippen molar-refractivity contribution in [2.75, 3.05) is 7.11 Å².